The van der Waals surface area contributed by atoms with Crippen molar-refractivity contribution in [2.75, 3.05) is 0 Å². The molecule has 0 bridgehead atoms. The number of ether oxygens (including phenoxy) is 2. The van der Waals surface area contributed by atoms with E-state index in [0.29, 0.717) is 31.2 Å². The largest absolute Gasteiger partial charge is 0.462 e. The summed E-state index contributed by atoms with van der Waals surface area (Å²) in [5.41, 5.74) is 0.513. The lowest BCUT2D eigenvalue weighted by atomic mass is 9.85. The van der Waals surface area contributed by atoms with Crippen LogP contribution < -0.4 is 0 Å². The summed E-state index contributed by atoms with van der Waals surface area (Å²) in [5, 5.41) is 0. The second-order valence-corrected chi connectivity index (χ2v) is 8.15. The van der Waals surface area contributed by atoms with Gasteiger partial charge in [-0.2, -0.15) is 0 Å². The lowest BCUT2D eigenvalue weighted by molar-refractivity contribution is -0.141. The Hall–Kier alpha value is -2.17. The zero-order valence-corrected chi connectivity index (χ0v) is 16.8. The van der Waals surface area contributed by atoms with Crippen molar-refractivity contribution < 1.29 is 23.9 Å². The second-order valence-electron chi connectivity index (χ2n) is 8.15. The Morgan fingerprint density at radius 1 is 1.25 bits per heavy atom. The number of Topliss-reactive ketones (excluding diaryl/α,β-unsaturated/α-hetero) is 1. The molecule has 1 saturated heterocycles. The third-order valence-electron chi connectivity index (χ3n) is 6.19. The molecule has 0 spiro atoms. The first-order valence-corrected chi connectivity index (χ1v) is 10.5. The number of fused-ring (bicyclic) bond motifs is 1. The van der Waals surface area contributed by atoms with E-state index in [-0.39, 0.29) is 47.7 Å². The highest BCUT2D eigenvalue weighted by molar-refractivity contribution is 5.89. The van der Waals surface area contributed by atoms with Crippen molar-refractivity contribution >= 4 is 17.7 Å². The highest BCUT2D eigenvalue weighted by Crippen LogP contribution is 2.45. The summed E-state index contributed by atoms with van der Waals surface area (Å²) >= 11 is 0. The van der Waals surface area contributed by atoms with Gasteiger partial charge in [-0.25, -0.2) is 4.79 Å². The van der Waals surface area contributed by atoms with Gasteiger partial charge in [0.2, 0.25) is 0 Å². The summed E-state index contributed by atoms with van der Waals surface area (Å²) in [6, 6.07) is 8.91. The van der Waals surface area contributed by atoms with Gasteiger partial charge in [0.05, 0.1) is 12.0 Å². The molecule has 5 heteroatoms. The Bertz CT molecular complexity index is 698. The molecular formula is C23H30O5. The standard InChI is InChI=1S/C23H30O5/c1-3-4-8-15(2)19(24)12-11-17-18-13-22(25)27-21(18)14-20(17)28-23(26)16-9-6-5-7-10-16/h5-7,9-10,15,17-18,20-21H,3-4,8,11-14H2,1-2H3. The smallest absolute Gasteiger partial charge is 0.338 e. The number of hydrogen-bond donors (Lipinski definition) is 0. The van der Waals surface area contributed by atoms with Gasteiger partial charge in [0, 0.05) is 30.6 Å². The van der Waals surface area contributed by atoms with Crippen LogP contribution in [0.25, 0.3) is 0 Å². The molecule has 1 aliphatic carbocycles. The summed E-state index contributed by atoms with van der Waals surface area (Å²) < 4.78 is 11.2. The van der Waals surface area contributed by atoms with Crippen LogP contribution >= 0.6 is 0 Å². The Labute approximate surface area is 166 Å². The zero-order chi connectivity index (χ0) is 20.1. The SMILES string of the molecule is CCCCC(C)C(=O)CCC1C(OC(=O)c2ccccc2)CC2OC(=O)CC21. The molecule has 0 aromatic heterocycles. The Morgan fingerprint density at radius 3 is 2.71 bits per heavy atom. The van der Waals surface area contributed by atoms with Gasteiger partial charge in [-0.05, 0) is 25.0 Å². The summed E-state index contributed by atoms with van der Waals surface area (Å²) in [5.74, 6) is -0.189. The van der Waals surface area contributed by atoms with E-state index in [0.717, 1.165) is 19.3 Å². The summed E-state index contributed by atoms with van der Waals surface area (Å²) in [6.07, 6.45) is 4.54. The molecule has 5 unspecified atom stereocenters. The number of esters is 2. The molecule has 0 N–H and O–H groups in total. The molecule has 3 rings (SSSR count). The van der Waals surface area contributed by atoms with Gasteiger partial charge in [-0.1, -0.05) is 44.9 Å². The molecule has 2 fully saturated rings. The van der Waals surface area contributed by atoms with E-state index >= 15 is 0 Å². The average Bonchev–Trinajstić information content (AvgIpc) is 3.20. The van der Waals surface area contributed by atoms with Crippen molar-refractivity contribution in [2.45, 2.75) is 71.0 Å². The van der Waals surface area contributed by atoms with Crippen molar-refractivity contribution in [1.82, 2.24) is 0 Å². The van der Waals surface area contributed by atoms with Gasteiger partial charge in [0.15, 0.2) is 0 Å². The number of carbonyl (C=O) groups excluding carboxylic acids is 3. The van der Waals surface area contributed by atoms with Crippen LogP contribution in [0.5, 0.6) is 0 Å². The molecule has 152 valence electrons. The monoisotopic (exact) mass is 386 g/mol. The van der Waals surface area contributed by atoms with E-state index in [2.05, 4.69) is 6.92 Å². The van der Waals surface area contributed by atoms with Crippen molar-refractivity contribution in [3.05, 3.63) is 35.9 Å². The fraction of sp³-hybridized carbons (Fsp3) is 0.609. The maximum Gasteiger partial charge on any atom is 0.338 e. The van der Waals surface area contributed by atoms with E-state index in [9.17, 15) is 14.4 Å². The zero-order valence-electron chi connectivity index (χ0n) is 16.8. The molecule has 1 saturated carbocycles. The van der Waals surface area contributed by atoms with Gasteiger partial charge in [-0.15, -0.1) is 0 Å². The first-order chi connectivity index (χ1) is 13.5. The fourth-order valence-corrected chi connectivity index (χ4v) is 4.50. The van der Waals surface area contributed by atoms with Crippen LogP contribution in [0.3, 0.4) is 0 Å². The second kappa shape index (κ2) is 9.35. The first-order valence-electron chi connectivity index (χ1n) is 10.5. The van der Waals surface area contributed by atoms with Gasteiger partial charge in [0.25, 0.3) is 0 Å². The Kier molecular flexibility index (Phi) is 6.87. The van der Waals surface area contributed by atoms with Gasteiger partial charge in [0.1, 0.15) is 18.0 Å². The molecule has 1 aliphatic heterocycles. The molecule has 1 aromatic rings. The summed E-state index contributed by atoms with van der Waals surface area (Å²) in [4.78, 5) is 36.7. The van der Waals surface area contributed by atoms with Crippen LogP contribution in [0.15, 0.2) is 30.3 Å². The van der Waals surface area contributed by atoms with E-state index in [1.165, 1.54) is 0 Å². The number of unbranched alkanes of at least 4 members (excludes halogenated alkanes) is 1. The lowest BCUT2D eigenvalue weighted by Crippen LogP contribution is -2.27. The number of ketones is 1. The third kappa shape index (κ3) is 4.81. The molecule has 5 nitrogen and oxygen atoms in total. The minimum atomic E-state index is -0.357. The van der Waals surface area contributed by atoms with Crippen LogP contribution in [0.1, 0.15) is 69.2 Å². The van der Waals surface area contributed by atoms with Gasteiger partial charge < -0.3 is 9.47 Å². The molecule has 1 heterocycles. The van der Waals surface area contributed by atoms with E-state index in [4.69, 9.17) is 9.47 Å². The van der Waals surface area contributed by atoms with Crippen LogP contribution in [0.2, 0.25) is 0 Å². The highest BCUT2D eigenvalue weighted by Gasteiger charge is 2.51. The number of rotatable bonds is 9. The van der Waals surface area contributed by atoms with Crippen molar-refractivity contribution in [3.8, 4) is 0 Å². The lowest BCUT2D eigenvalue weighted by Gasteiger charge is -2.23. The molecule has 0 amide bonds. The molecular weight excluding hydrogens is 356 g/mol. The summed E-state index contributed by atoms with van der Waals surface area (Å²) in [6.45, 7) is 4.11. The minimum absolute atomic E-state index is 0.00793. The topological polar surface area (TPSA) is 69.7 Å². The number of hydrogen-bond acceptors (Lipinski definition) is 5. The molecule has 2 aliphatic rings. The van der Waals surface area contributed by atoms with Crippen molar-refractivity contribution in [2.24, 2.45) is 17.8 Å². The highest BCUT2D eigenvalue weighted by atomic mass is 16.6. The van der Waals surface area contributed by atoms with E-state index in [1.807, 2.05) is 13.0 Å². The average molecular weight is 386 g/mol. The number of benzene rings is 1. The van der Waals surface area contributed by atoms with E-state index < -0.39 is 0 Å². The molecule has 1 aromatic carbocycles. The maximum atomic E-state index is 12.5. The molecule has 5 atom stereocenters. The predicted octanol–water partition coefficient (Wildman–Crippen LogP) is 4.34. The Balaban J connectivity index is 1.63. The minimum Gasteiger partial charge on any atom is -0.462 e. The fourth-order valence-electron chi connectivity index (χ4n) is 4.50. The van der Waals surface area contributed by atoms with Crippen LogP contribution in [-0.2, 0) is 19.1 Å². The van der Waals surface area contributed by atoms with Gasteiger partial charge in [-0.3, -0.25) is 9.59 Å². The Morgan fingerprint density at radius 2 is 2.00 bits per heavy atom. The molecule has 0 radical (unpaired) electrons. The van der Waals surface area contributed by atoms with E-state index in [1.54, 1.807) is 24.3 Å². The number of carbonyl (C=O) groups is 3. The van der Waals surface area contributed by atoms with Crippen molar-refractivity contribution in [3.63, 3.8) is 0 Å². The van der Waals surface area contributed by atoms with Crippen molar-refractivity contribution in [1.29, 1.82) is 0 Å². The quantitative estimate of drug-likeness (QED) is 0.591. The predicted molar refractivity (Wildman–Crippen MR) is 105 cm³/mol. The first kappa shape index (κ1) is 20.6. The third-order valence-corrected chi connectivity index (χ3v) is 6.19. The van der Waals surface area contributed by atoms with Gasteiger partial charge >= 0.3 is 11.9 Å². The molecule has 28 heavy (non-hydrogen) atoms. The van der Waals surface area contributed by atoms with Crippen LogP contribution in [0, 0.1) is 17.8 Å². The normalized spacial score (nSPS) is 27.1. The summed E-state index contributed by atoms with van der Waals surface area (Å²) in [7, 11) is 0. The van der Waals surface area contributed by atoms with Crippen LogP contribution in [-0.4, -0.2) is 29.9 Å². The maximum absolute atomic E-state index is 12.5. The van der Waals surface area contributed by atoms with Crippen LogP contribution in [0.4, 0.5) is 0 Å².